The molecule has 174 valence electrons. The molecule has 0 aromatic heterocycles. The first-order valence-electron chi connectivity index (χ1n) is 11.3. The number of esters is 1. The molecule has 3 aliphatic heterocycles. The van der Waals surface area contributed by atoms with Gasteiger partial charge in [-0.1, -0.05) is 47.6 Å². The number of rotatable bonds is 3. The van der Waals surface area contributed by atoms with E-state index in [0.29, 0.717) is 65.7 Å². The highest BCUT2D eigenvalue weighted by Gasteiger charge is 2.53. The molecule has 0 radical (unpaired) electrons. The zero-order chi connectivity index (χ0) is 24.0. The first-order chi connectivity index (χ1) is 17.1. The quantitative estimate of drug-likeness (QED) is 0.241. The summed E-state index contributed by atoms with van der Waals surface area (Å²) in [6.07, 6.45) is 0.214. The molecule has 9 nitrogen and oxygen atoms in total. The standard InChI is InChI=1S/C26H20N4O5/c27-29-28-17-6-8-21-23(15-17)34-22-13-16(14-24(31)30-9-11-33-12-10-30)5-7-20(22)26(21)19-4-2-1-3-18(19)25(32)35-26/h1-8,13,15H,9-12,14H2. The molecule has 3 aromatic carbocycles. The Balaban J connectivity index is 1.47. The van der Waals surface area contributed by atoms with Crippen LogP contribution in [0.3, 0.4) is 0 Å². The Morgan fingerprint density at radius 2 is 1.74 bits per heavy atom. The average Bonchev–Trinajstić information content (AvgIpc) is 3.17. The molecular formula is C26H20N4O5. The SMILES string of the molecule is [N-]=[N+]=Nc1ccc2c(c1)Oc1cc(CC(=O)N3CCOCC3)ccc1C21OC(=O)c2ccccc21. The number of azide groups is 1. The third-order valence-corrected chi connectivity index (χ3v) is 6.64. The Morgan fingerprint density at radius 3 is 2.54 bits per heavy atom. The van der Waals surface area contributed by atoms with Crippen molar-refractivity contribution in [1.82, 2.24) is 4.90 Å². The number of ether oxygens (including phenoxy) is 3. The molecule has 1 atom stereocenters. The highest BCUT2D eigenvalue weighted by atomic mass is 16.6. The van der Waals surface area contributed by atoms with E-state index in [1.54, 1.807) is 35.2 Å². The van der Waals surface area contributed by atoms with E-state index < -0.39 is 11.6 Å². The fraction of sp³-hybridized carbons (Fsp3) is 0.231. The summed E-state index contributed by atoms with van der Waals surface area (Å²) in [5.74, 6) is 0.489. The van der Waals surface area contributed by atoms with E-state index in [-0.39, 0.29) is 12.3 Å². The van der Waals surface area contributed by atoms with Gasteiger partial charge in [0.05, 0.1) is 25.2 Å². The monoisotopic (exact) mass is 468 g/mol. The lowest BCUT2D eigenvalue weighted by Crippen LogP contribution is -2.41. The van der Waals surface area contributed by atoms with Gasteiger partial charge in [0.15, 0.2) is 5.60 Å². The lowest BCUT2D eigenvalue weighted by atomic mass is 9.77. The van der Waals surface area contributed by atoms with Crippen molar-refractivity contribution in [3.63, 3.8) is 0 Å². The molecule has 0 aliphatic carbocycles. The van der Waals surface area contributed by atoms with Crippen molar-refractivity contribution in [2.24, 2.45) is 5.11 Å². The Kier molecular flexibility index (Phi) is 4.95. The van der Waals surface area contributed by atoms with Gasteiger partial charge in [0.2, 0.25) is 5.91 Å². The minimum atomic E-state index is -1.21. The lowest BCUT2D eigenvalue weighted by Gasteiger charge is -2.36. The summed E-state index contributed by atoms with van der Waals surface area (Å²) in [5.41, 5.74) is 11.3. The summed E-state index contributed by atoms with van der Waals surface area (Å²) in [5, 5.41) is 3.69. The molecule has 9 heteroatoms. The number of benzene rings is 3. The second kappa shape index (κ2) is 8.16. The van der Waals surface area contributed by atoms with Crippen LogP contribution in [-0.2, 0) is 26.3 Å². The Bertz CT molecular complexity index is 1420. The molecule has 1 spiro atoms. The summed E-state index contributed by atoms with van der Waals surface area (Å²) >= 11 is 0. The van der Waals surface area contributed by atoms with Crippen LogP contribution < -0.4 is 4.74 Å². The fourth-order valence-electron chi connectivity index (χ4n) is 5.03. The predicted octanol–water partition coefficient (Wildman–Crippen LogP) is 4.60. The van der Waals surface area contributed by atoms with E-state index in [1.165, 1.54) is 0 Å². The van der Waals surface area contributed by atoms with E-state index in [2.05, 4.69) is 10.0 Å². The van der Waals surface area contributed by atoms with Gasteiger partial charge in [-0.3, -0.25) is 4.79 Å². The molecule has 3 aliphatic rings. The number of nitrogens with zero attached hydrogens (tertiary/aromatic N) is 4. The van der Waals surface area contributed by atoms with Crippen LogP contribution in [-0.4, -0.2) is 43.1 Å². The minimum absolute atomic E-state index is 0.0162. The molecule has 1 fully saturated rings. The maximum absolute atomic E-state index is 12.9. The Hall–Kier alpha value is -4.33. The molecular weight excluding hydrogens is 448 g/mol. The summed E-state index contributed by atoms with van der Waals surface area (Å²) < 4.78 is 17.7. The molecule has 0 saturated carbocycles. The molecule has 3 aromatic rings. The lowest BCUT2D eigenvalue weighted by molar-refractivity contribution is -0.134. The summed E-state index contributed by atoms with van der Waals surface area (Å²) in [6.45, 7) is 2.23. The van der Waals surface area contributed by atoms with Crippen LogP contribution in [0.5, 0.6) is 11.5 Å². The number of hydrogen-bond donors (Lipinski definition) is 0. The summed E-state index contributed by atoms with van der Waals surface area (Å²) in [6, 6.07) is 17.9. The maximum atomic E-state index is 12.9. The first-order valence-corrected chi connectivity index (χ1v) is 11.3. The van der Waals surface area contributed by atoms with E-state index in [4.69, 9.17) is 19.7 Å². The maximum Gasteiger partial charge on any atom is 0.340 e. The normalized spacial score (nSPS) is 19.7. The second-order valence-electron chi connectivity index (χ2n) is 8.59. The van der Waals surface area contributed by atoms with E-state index in [9.17, 15) is 9.59 Å². The van der Waals surface area contributed by atoms with E-state index >= 15 is 0 Å². The molecule has 6 rings (SSSR count). The van der Waals surface area contributed by atoms with Crippen LogP contribution in [0.1, 0.15) is 32.6 Å². The molecule has 1 saturated heterocycles. The topological polar surface area (TPSA) is 114 Å². The molecule has 35 heavy (non-hydrogen) atoms. The highest BCUT2D eigenvalue weighted by molar-refractivity contribution is 5.97. The van der Waals surface area contributed by atoms with Crippen molar-refractivity contribution >= 4 is 17.6 Å². The van der Waals surface area contributed by atoms with Crippen LogP contribution in [0, 0.1) is 0 Å². The zero-order valence-electron chi connectivity index (χ0n) is 18.6. The largest absolute Gasteiger partial charge is 0.456 e. The highest BCUT2D eigenvalue weighted by Crippen LogP contribution is 2.56. The fourth-order valence-corrected chi connectivity index (χ4v) is 5.03. The Morgan fingerprint density at radius 1 is 1.00 bits per heavy atom. The average molecular weight is 468 g/mol. The predicted molar refractivity (Wildman–Crippen MR) is 125 cm³/mol. The third-order valence-electron chi connectivity index (χ3n) is 6.64. The van der Waals surface area contributed by atoms with Gasteiger partial charge in [-0.25, -0.2) is 4.79 Å². The van der Waals surface area contributed by atoms with Crippen molar-refractivity contribution in [3.05, 3.63) is 98.9 Å². The van der Waals surface area contributed by atoms with Crippen molar-refractivity contribution < 1.29 is 23.8 Å². The molecule has 0 N–H and O–H groups in total. The van der Waals surface area contributed by atoms with Gasteiger partial charge in [-0.2, -0.15) is 0 Å². The first kappa shape index (κ1) is 21.2. The molecule has 3 heterocycles. The van der Waals surface area contributed by atoms with Crippen LogP contribution in [0.4, 0.5) is 5.69 Å². The van der Waals surface area contributed by atoms with Gasteiger partial charge in [0.25, 0.3) is 0 Å². The molecule has 0 bridgehead atoms. The Labute approximate surface area is 200 Å². The van der Waals surface area contributed by atoms with Crippen LogP contribution in [0.15, 0.2) is 65.8 Å². The number of carbonyl (C=O) groups excluding carboxylic acids is 2. The number of hydrogen-bond acceptors (Lipinski definition) is 6. The number of fused-ring (bicyclic) bond motifs is 6. The number of amides is 1. The van der Waals surface area contributed by atoms with Crippen LogP contribution in [0.25, 0.3) is 10.4 Å². The third kappa shape index (κ3) is 3.32. The van der Waals surface area contributed by atoms with Gasteiger partial charge in [0, 0.05) is 40.4 Å². The smallest absolute Gasteiger partial charge is 0.340 e. The number of carbonyl (C=O) groups is 2. The van der Waals surface area contributed by atoms with Crippen LogP contribution in [0.2, 0.25) is 0 Å². The summed E-state index contributed by atoms with van der Waals surface area (Å²) in [7, 11) is 0. The van der Waals surface area contributed by atoms with Gasteiger partial charge < -0.3 is 19.1 Å². The summed E-state index contributed by atoms with van der Waals surface area (Å²) in [4.78, 5) is 30.4. The van der Waals surface area contributed by atoms with E-state index in [0.717, 1.165) is 5.56 Å². The molecule has 1 unspecified atom stereocenters. The second-order valence-corrected chi connectivity index (χ2v) is 8.59. The van der Waals surface area contributed by atoms with Gasteiger partial charge in [-0.15, -0.1) is 0 Å². The van der Waals surface area contributed by atoms with Gasteiger partial charge >= 0.3 is 5.97 Å². The van der Waals surface area contributed by atoms with Crippen molar-refractivity contribution in [2.45, 2.75) is 12.0 Å². The molecule has 1 amide bonds. The van der Waals surface area contributed by atoms with E-state index in [1.807, 2.05) is 30.3 Å². The van der Waals surface area contributed by atoms with Gasteiger partial charge in [-0.05, 0) is 29.3 Å². The number of morpholine rings is 1. The minimum Gasteiger partial charge on any atom is -0.456 e. The van der Waals surface area contributed by atoms with Crippen molar-refractivity contribution in [1.29, 1.82) is 0 Å². The van der Waals surface area contributed by atoms with Gasteiger partial charge in [0.1, 0.15) is 11.5 Å². The van der Waals surface area contributed by atoms with Crippen molar-refractivity contribution in [2.75, 3.05) is 26.3 Å². The zero-order valence-corrected chi connectivity index (χ0v) is 18.6. The van der Waals surface area contributed by atoms with Crippen molar-refractivity contribution in [3.8, 4) is 11.5 Å². The van der Waals surface area contributed by atoms with Crippen LogP contribution >= 0.6 is 0 Å².